The summed E-state index contributed by atoms with van der Waals surface area (Å²) >= 11 is 0. The normalized spacial score (nSPS) is 15.3. The molecule has 0 saturated carbocycles. The molecule has 0 aliphatic heterocycles. The van der Waals surface area contributed by atoms with Gasteiger partial charge in [-0.15, -0.1) is 0 Å². The molecule has 2 atom stereocenters. The first kappa shape index (κ1) is 17.6. The van der Waals surface area contributed by atoms with Crippen LogP contribution < -0.4 is 5.32 Å². The quantitative estimate of drug-likeness (QED) is 0.724. The van der Waals surface area contributed by atoms with Crippen LogP contribution in [-0.2, 0) is 15.1 Å². The summed E-state index contributed by atoms with van der Waals surface area (Å²) in [6.07, 6.45) is 1.36. The third-order valence-electron chi connectivity index (χ3n) is 3.31. The molecule has 1 aromatic carbocycles. The van der Waals surface area contributed by atoms with E-state index < -0.39 is 11.7 Å². The van der Waals surface area contributed by atoms with Crippen molar-refractivity contribution < 1.29 is 19.0 Å². The number of hydrogen-bond donors (Lipinski definition) is 2. The van der Waals surface area contributed by atoms with Crippen molar-refractivity contribution >= 4 is 5.91 Å². The second-order valence-electron chi connectivity index (χ2n) is 5.37. The summed E-state index contributed by atoms with van der Waals surface area (Å²) in [6, 6.07) is 5.57. The number of hydrogen-bond acceptors (Lipinski definition) is 3. The van der Waals surface area contributed by atoms with Crippen LogP contribution in [0.5, 0.6) is 0 Å². The van der Waals surface area contributed by atoms with Gasteiger partial charge in [0.15, 0.2) is 0 Å². The highest BCUT2D eigenvalue weighted by atomic mass is 19.1. The number of ether oxygens (including phenoxy) is 1. The minimum absolute atomic E-state index is 0.0406. The van der Waals surface area contributed by atoms with Crippen LogP contribution in [0.2, 0.25) is 0 Å². The fourth-order valence-corrected chi connectivity index (χ4v) is 1.79. The lowest BCUT2D eigenvalue weighted by Crippen LogP contribution is -2.43. The Morgan fingerprint density at radius 1 is 1.43 bits per heavy atom. The molecule has 4 nitrogen and oxygen atoms in total. The Morgan fingerprint density at radius 2 is 2.05 bits per heavy atom. The van der Waals surface area contributed by atoms with Crippen molar-refractivity contribution in [3.63, 3.8) is 0 Å². The summed E-state index contributed by atoms with van der Waals surface area (Å²) in [5.74, 6) is -0.634. The zero-order valence-electron chi connectivity index (χ0n) is 12.9. The maximum Gasteiger partial charge on any atom is 0.248 e. The van der Waals surface area contributed by atoms with E-state index in [1.54, 1.807) is 13.8 Å². The summed E-state index contributed by atoms with van der Waals surface area (Å²) in [5.41, 5.74) is -0.712. The fourth-order valence-electron chi connectivity index (χ4n) is 1.79. The molecular formula is C16H24FNO3. The van der Waals surface area contributed by atoms with Gasteiger partial charge in [-0.05, 0) is 38.0 Å². The van der Waals surface area contributed by atoms with Crippen LogP contribution in [-0.4, -0.2) is 30.3 Å². The zero-order valence-corrected chi connectivity index (χ0v) is 12.9. The third kappa shape index (κ3) is 5.81. The molecule has 2 unspecified atom stereocenters. The molecule has 1 aromatic rings. The van der Waals surface area contributed by atoms with Gasteiger partial charge in [-0.1, -0.05) is 25.5 Å². The molecule has 0 aromatic heterocycles. The first-order valence-corrected chi connectivity index (χ1v) is 7.24. The molecule has 0 heterocycles. The molecule has 2 N–H and O–H groups in total. The van der Waals surface area contributed by atoms with Crippen molar-refractivity contribution in [2.75, 3.05) is 13.2 Å². The fraction of sp³-hybridized carbons (Fsp3) is 0.562. The Hall–Kier alpha value is -1.46. The number of nitrogens with one attached hydrogen (secondary N) is 1. The minimum atomic E-state index is -1.26. The lowest BCUT2D eigenvalue weighted by Gasteiger charge is -2.25. The molecule has 0 spiro atoms. The largest absolute Gasteiger partial charge is 0.384 e. The van der Waals surface area contributed by atoms with Gasteiger partial charge >= 0.3 is 0 Å². The molecule has 1 amide bonds. The van der Waals surface area contributed by atoms with Crippen LogP contribution in [0, 0.1) is 5.82 Å². The number of unbranched alkanes of at least 4 members (excludes halogenated alkanes) is 1. The van der Waals surface area contributed by atoms with E-state index in [4.69, 9.17) is 4.74 Å². The highest BCUT2D eigenvalue weighted by Gasteiger charge is 2.25. The maximum absolute atomic E-state index is 12.9. The molecule has 118 valence electrons. The van der Waals surface area contributed by atoms with Gasteiger partial charge in [-0.25, -0.2) is 4.39 Å². The highest BCUT2D eigenvalue weighted by molar-refractivity contribution is 5.80. The molecule has 0 aliphatic carbocycles. The predicted molar refractivity (Wildman–Crippen MR) is 79.3 cm³/mol. The van der Waals surface area contributed by atoms with Crippen molar-refractivity contribution in [1.29, 1.82) is 0 Å². The summed E-state index contributed by atoms with van der Waals surface area (Å²) < 4.78 is 18.3. The van der Waals surface area contributed by atoms with E-state index in [0.29, 0.717) is 12.2 Å². The Labute approximate surface area is 125 Å². The predicted octanol–water partition coefficient (Wildman–Crippen LogP) is 2.35. The summed E-state index contributed by atoms with van der Waals surface area (Å²) in [5, 5.41) is 13.0. The minimum Gasteiger partial charge on any atom is -0.384 e. The molecule has 0 saturated heterocycles. The molecule has 0 radical (unpaired) electrons. The van der Waals surface area contributed by atoms with E-state index in [9.17, 15) is 14.3 Å². The van der Waals surface area contributed by atoms with Gasteiger partial charge in [0, 0.05) is 6.61 Å². The monoisotopic (exact) mass is 297 g/mol. The van der Waals surface area contributed by atoms with Gasteiger partial charge in [0.2, 0.25) is 5.91 Å². The van der Waals surface area contributed by atoms with Crippen LogP contribution >= 0.6 is 0 Å². The molecule has 5 heteroatoms. The number of carbonyl (C=O) groups excluding carboxylic acids is 1. The van der Waals surface area contributed by atoms with E-state index in [-0.39, 0.29) is 18.3 Å². The number of benzene rings is 1. The number of aliphatic hydroxyl groups is 1. The SMILES string of the molecule is CCCCOC(C)C(=O)NCC(C)(O)c1ccc(F)cc1. The third-order valence-corrected chi connectivity index (χ3v) is 3.31. The van der Waals surface area contributed by atoms with Gasteiger partial charge in [0.1, 0.15) is 17.5 Å². The van der Waals surface area contributed by atoms with E-state index in [0.717, 1.165) is 12.8 Å². The van der Waals surface area contributed by atoms with Crippen molar-refractivity contribution in [1.82, 2.24) is 5.32 Å². The van der Waals surface area contributed by atoms with Crippen LogP contribution in [0.25, 0.3) is 0 Å². The topological polar surface area (TPSA) is 58.6 Å². The van der Waals surface area contributed by atoms with Crippen molar-refractivity contribution in [2.45, 2.75) is 45.3 Å². The first-order valence-electron chi connectivity index (χ1n) is 7.24. The Balaban J connectivity index is 2.48. The van der Waals surface area contributed by atoms with Crippen molar-refractivity contribution in [3.8, 4) is 0 Å². The lowest BCUT2D eigenvalue weighted by molar-refractivity contribution is -0.133. The van der Waals surface area contributed by atoms with Crippen LogP contribution in [0.4, 0.5) is 4.39 Å². The summed E-state index contributed by atoms with van der Waals surface area (Å²) in [7, 11) is 0. The lowest BCUT2D eigenvalue weighted by atomic mass is 9.96. The zero-order chi connectivity index (χ0) is 15.9. The highest BCUT2D eigenvalue weighted by Crippen LogP contribution is 2.19. The summed E-state index contributed by atoms with van der Waals surface area (Å²) in [4.78, 5) is 11.9. The molecule has 0 aliphatic rings. The Bertz CT molecular complexity index is 445. The van der Waals surface area contributed by atoms with Gasteiger partial charge < -0.3 is 15.2 Å². The second-order valence-corrected chi connectivity index (χ2v) is 5.37. The number of rotatable bonds is 8. The summed E-state index contributed by atoms with van der Waals surface area (Å²) in [6.45, 7) is 5.88. The Morgan fingerprint density at radius 3 is 2.62 bits per heavy atom. The van der Waals surface area contributed by atoms with Crippen molar-refractivity contribution in [3.05, 3.63) is 35.6 Å². The van der Waals surface area contributed by atoms with Gasteiger partial charge in [0.05, 0.1) is 6.54 Å². The number of carbonyl (C=O) groups is 1. The van der Waals surface area contributed by atoms with E-state index in [1.165, 1.54) is 24.3 Å². The molecule has 21 heavy (non-hydrogen) atoms. The van der Waals surface area contributed by atoms with Crippen LogP contribution in [0.1, 0.15) is 39.2 Å². The average molecular weight is 297 g/mol. The smallest absolute Gasteiger partial charge is 0.248 e. The van der Waals surface area contributed by atoms with Crippen LogP contribution in [0.3, 0.4) is 0 Å². The van der Waals surface area contributed by atoms with Gasteiger partial charge in [-0.3, -0.25) is 4.79 Å². The number of amides is 1. The molecular weight excluding hydrogens is 273 g/mol. The Kier molecular flexibility index (Phi) is 6.78. The standard InChI is InChI=1S/C16H24FNO3/c1-4-5-10-21-12(2)15(19)18-11-16(3,20)13-6-8-14(17)9-7-13/h6-9,12,20H,4-5,10-11H2,1-3H3,(H,18,19). The number of halogens is 1. The molecule has 0 bridgehead atoms. The first-order chi connectivity index (χ1) is 9.86. The van der Waals surface area contributed by atoms with E-state index >= 15 is 0 Å². The van der Waals surface area contributed by atoms with E-state index in [2.05, 4.69) is 5.32 Å². The van der Waals surface area contributed by atoms with Crippen molar-refractivity contribution in [2.24, 2.45) is 0 Å². The second kappa shape index (κ2) is 8.10. The maximum atomic E-state index is 12.9. The van der Waals surface area contributed by atoms with Gasteiger partial charge in [-0.2, -0.15) is 0 Å². The molecule has 0 fully saturated rings. The van der Waals surface area contributed by atoms with Gasteiger partial charge in [0.25, 0.3) is 0 Å². The van der Waals surface area contributed by atoms with Crippen LogP contribution in [0.15, 0.2) is 24.3 Å². The average Bonchev–Trinajstić information content (AvgIpc) is 2.45. The molecule has 1 rings (SSSR count). The van der Waals surface area contributed by atoms with E-state index in [1.807, 2.05) is 6.92 Å².